The molecule has 3 aromatic rings. The molecular formula is C15H13N3O3S. The lowest BCUT2D eigenvalue weighted by molar-refractivity contribution is 0.0696. The molecule has 0 radical (unpaired) electrons. The number of amides is 1. The van der Waals surface area contributed by atoms with Crippen LogP contribution in [0.15, 0.2) is 36.7 Å². The molecule has 0 aliphatic heterocycles. The van der Waals surface area contributed by atoms with Crippen LogP contribution in [0.1, 0.15) is 31.3 Å². The zero-order chi connectivity index (χ0) is 15.7. The van der Waals surface area contributed by atoms with E-state index in [4.69, 9.17) is 5.11 Å². The Kier molecular flexibility index (Phi) is 3.64. The van der Waals surface area contributed by atoms with Gasteiger partial charge in [0.05, 0.1) is 5.56 Å². The molecule has 0 fully saturated rings. The van der Waals surface area contributed by atoms with E-state index < -0.39 is 5.97 Å². The summed E-state index contributed by atoms with van der Waals surface area (Å²) in [5.41, 5.74) is 1.42. The first-order chi connectivity index (χ1) is 10.5. The van der Waals surface area contributed by atoms with E-state index in [-0.39, 0.29) is 11.5 Å². The molecule has 112 valence electrons. The van der Waals surface area contributed by atoms with Crippen molar-refractivity contribution in [2.24, 2.45) is 0 Å². The number of aryl methyl sites for hydroxylation is 1. The average molecular weight is 315 g/mol. The number of nitrogens with zero attached hydrogens (tertiary/aromatic N) is 2. The van der Waals surface area contributed by atoms with Gasteiger partial charge in [0, 0.05) is 23.8 Å². The van der Waals surface area contributed by atoms with Gasteiger partial charge in [0.2, 0.25) is 0 Å². The van der Waals surface area contributed by atoms with E-state index in [9.17, 15) is 9.59 Å². The van der Waals surface area contributed by atoms with Crippen molar-refractivity contribution in [1.82, 2.24) is 14.7 Å². The van der Waals surface area contributed by atoms with Crippen molar-refractivity contribution < 1.29 is 14.7 Å². The van der Waals surface area contributed by atoms with E-state index in [1.165, 1.54) is 23.5 Å². The van der Waals surface area contributed by atoms with E-state index in [0.29, 0.717) is 12.2 Å². The second-order valence-corrected chi connectivity index (χ2v) is 6.06. The van der Waals surface area contributed by atoms with Crippen molar-refractivity contribution >= 4 is 28.2 Å². The fourth-order valence-electron chi connectivity index (χ4n) is 2.06. The Labute approximate surface area is 130 Å². The van der Waals surface area contributed by atoms with E-state index >= 15 is 0 Å². The lowest BCUT2D eigenvalue weighted by atomic mass is 10.1. The largest absolute Gasteiger partial charge is 0.478 e. The van der Waals surface area contributed by atoms with Gasteiger partial charge in [-0.05, 0) is 24.6 Å². The van der Waals surface area contributed by atoms with Crippen molar-refractivity contribution in [2.75, 3.05) is 0 Å². The van der Waals surface area contributed by atoms with Gasteiger partial charge in [0.25, 0.3) is 5.91 Å². The van der Waals surface area contributed by atoms with Crippen molar-refractivity contribution in [2.45, 2.75) is 13.5 Å². The molecule has 22 heavy (non-hydrogen) atoms. The van der Waals surface area contributed by atoms with Crippen LogP contribution in [-0.2, 0) is 6.54 Å². The van der Waals surface area contributed by atoms with E-state index in [2.05, 4.69) is 10.3 Å². The van der Waals surface area contributed by atoms with Gasteiger partial charge in [0.1, 0.15) is 5.69 Å². The molecule has 3 rings (SSSR count). The van der Waals surface area contributed by atoms with Gasteiger partial charge in [-0.2, -0.15) is 0 Å². The maximum absolute atomic E-state index is 12.1. The number of aromatic carboxylic acids is 1. The minimum Gasteiger partial charge on any atom is -0.478 e. The van der Waals surface area contributed by atoms with Gasteiger partial charge >= 0.3 is 5.97 Å². The van der Waals surface area contributed by atoms with E-state index in [1.54, 1.807) is 18.3 Å². The Morgan fingerprint density at radius 2 is 2.00 bits per heavy atom. The Morgan fingerprint density at radius 3 is 2.64 bits per heavy atom. The van der Waals surface area contributed by atoms with Gasteiger partial charge in [0.15, 0.2) is 4.96 Å². The number of fused-ring (bicyclic) bond motifs is 1. The van der Waals surface area contributed by atoms with Crippen LogP contribution in [0.25, 0.3) is 4.96 Å². The molecule has 0 bridgehead atoms. The lowest BCUT2D eigenvalue weighted by Crippen LogP contribution is -2.23. The molecule has 6 nitrogen and oxygen atoms in total. The topological polar surface area (TPSA) is 83.7 Å². The zero-order valence-corrected chi connectivity index (χ0v) is 12.6. The summed E-state index contributed by atoms with van der Waals surface area (Å²) in [5.74, 6) is -1.22. The second-order valence-electron chi connectivity index (χ2n) is 4.84. The number of carboxylic acid groups (broad SMARTS) is 1. The molecule has 7 heteroatoms. The highest BCUT2D eigenvalue weighted by Crippen LogP contribution is 2.16. The molecule has 2 N–H and O–H groups in total. The Hall–Kier alpha value is -2.67. The number of nitrogens with one attached hydrogen (secondary N) is 1. The van der Waals surface area contributed by atoms with Crippen molar-refractivity contribution in [3.05, 3.63) is 58.4 Å². The minimum atomic E-state index is -0.969. The number of carbonyl (C=O) groups excluding carboxylic acids is 1. The Balaban J connectivity index is 1.66. The molecular weight excluding hydrogens is 302 g/mol. The average Bonchev–Trinajstić information content (AvgIpc) is 3.02. The van der Waals surface area contributed by atoms with Crippen LogP contribution in [0, 0.1) is 6.92 Å². The van der Waals surface area contributed by atoms with Gasteiger partial charge < -0.3 is 10.4 Å². The number of aromatic nitrogens is 2. The van der Waals surface area contributed by atoms with Crippen LogP contribution >= 0.6 is 11.3 Å². The number of imidazole rings is 1. The van der Waals surface area contributed by atoms with Crippen molar-refractivity contribution in [3.63, 3.8) is 0 Å². The van der Waals surface area contributed by atoms with Crippen LogP contribution in [0.2, 0.25) is 0 Å². The monoisotopic (exact) mass is 315 g/mol. The smallest absolute Gasteiger partial charge is 0.335 e. The maximum atomic E-state index is 12.1. The van der Waals surface area contributed by atoms with Crippen LogP contribution in [0.3, 0.4) is 0 Å². The zero-order valence-electron chi connectivity index (χ0n) is 11.7. The number of benzene rings is 1. The second kappa shape index (κ2) is 5.61. The number of hydrogen-bond acceptors (Lipinski definition) is 4. The minimum absolute atomic E-state index is 0.222. The summed E-state index contributed by atoms with van der Waals surface area (Å²) in [4.78, 5) is 29.0. The highest BCUT2D eigenvalue weighted by atomic mass is 32.1. The number of rotatable bonds is 4. The fraction of sp³-hybridized carbons (Fsp3) is 0.133. The van der Waals surface area contributed by atoms with Gasteiger partial charge in [-0.15, -0.1) is 11.3 Å². The van der Waals surface area contributed by atoms with Crippen LogP contribution in [-0.4, -0.2) is 26.4 Å². The molecule has 0 unspecified atom stereocenters. The van der Waals surface area contributed by atoms with Crippen LogP contribution < -0.4 is 5.32 Å². The highest BCUT2D eigenvalue weighted by Gasteiger charge is 2.12. The Morgan fingerprint density at radius 1 is 1.27 bits per heavy atom. The summed E-state index contributed by atoms with van der Waals surface area (Å²) in [6.45, 7) is 2.31. The van der Waals surface area contributed by atoms with Crippen molar-refractivity contribution in [3.8, 4) is 0 Å². The maximum Gasteiger partial charge on any atom is 0.335 e. The molecule has 0 aliphatic rings. The molecule has 2 aromatic heterocycles. The molecule has 0 saturated heterocycles. The number of carboxylic acids is 1. The molecule has 0 atom stereocenters. The molecule has 2 heterocycles. The third-order valence-electron chi connectivity index (χ3n) is 3.16. The van der Waals surface area contributed by atoms with Gasteiger partial charge in [-0.3, -0.25) is 9.20 Å². The third kappa shape index (κ3) is 2.84. The molecule has 1 amide bonds. The first kappa shape index (κ1) is 14.3. The predicted octanol–water partition coefficient (Wildman–Crippen LogP) is 2.33. The van der Waals surface area contributed by atoms with Crippen LogP contribution in [0.4, 0.5) is 0 Å². The highest BCUT2D eigenvalue weighted by molar-refractivity contribution is 7.17. The summed E-state index contributed by atoms with van der Waals surface area (Å²) in [5, 5.41) is 11.6. The number of thiazole rings is 1. The SMILES string of the molecule is Cc1cn2cc(C(=O)NCc3ccc(C(=O)O)cc3)nc2s1. The summed E-state index contributed by atoms with van der Waals surface area (Å²) < 4.78 is 1.83. The van der Waals surface area contributed by atoms with Crippen molar-refractivity contribution in [1.29, 1.82) is 0 Å². The summed E-state index contributed by atoms with van der Waals surface area (Å²) in [6, 6.07) is 6.38. The van der Waals surface area contributed by atoms with Gasteiger partial charge in [-0.1, -0.05) is 12.1 Å². The Bertz CT molecular complexity index is 817. The molecule has 0 aliphatic carbocycles. The standard InChI is InChI=1S/C15H13N3O3S/c1-9-7-18-8-12(17-15(18)22-9)13(19)16-6-10-2-4-11(5-3-10)14(20)21/h2-5,7-8H,6H2,1H3,(H,16,19)(H,20,21). The first-order valence-corrected chi connectivity index (χ1v) is 7.40. The predicted molar refractivity (Wildman–Crippen MR) is 82.4 cm³/mol. The molecule has 0 spiro atoms. The quantitative estimate of drug-likeness (QED) is 0.774. The molecule has 1 aromatic carbocycles. The normalized spacial score (nSPS) is 10.8. The van der Waals surface area contributed by atoms with Crippen LogP contribution in [0.5, 0.6) is 0 Å². The summed E-state index contributed by atoms with van der Waals surface area (Å²) >= 11 is 1.53. The molecule has 0 saturated carbocycles. The lowest BCUT2D eigenvalue weighted by Gasteiger charge is -2.03. The summed E-state index contributed by atoms with van der Waals surface area (Å²) in [6.07, 6.45) is 3.62. The summed E-state index contributed by atoms with van der Waals surface area (Å²) in [7, 11) is 0. The van der Waals surface area contributed by atoms with E-state index in [1.807, 2.05) is 17.5 Å². The van der Waals surface area contributed by atoms with Gasteiger partial charge in [-0.25, -0.2) is 9.78 Å². The third-order valence-corrected chi connectivity index (χ3v) is 4.07. The number of hydrogen-bond donors (Lipinski definition) is 2. The number of carbonyl (C=O) groups is 2. The fourth-order valence-corrected chi connectivity index (χ4v) is 2.87. The van der Waals surface area contributed by atoms with E-state index in [0.717, 1.165) is 15.4 Å². The first-order valence-electron chi connectivity index (χ1n) is 6.58.